The smallest absolute Gasteiger partial charge is 0.262 e. The molecule has 0 unspecified atom stereocenters. The highest BCUT2D eigenvalue weighted by atomic mass is 16.2. The average molecular weight is 326 g/mol. The van der Waals surface area contributed by atoms with Gasteiger partial charge >= 0.3 is 0 Å². The molecular weight excluding hydrogens is 308 g/mol. The van der Waals surface area contributed by atoms with Crippen LogP contribution in [0.2, 0.25) is 0 Å². The van der Waals surface area contributed by atoms with E-state index in [1.54, 1.807) is 11.5 Å². The van der Waals surface area contributed by atoms with Crippen molar-refractivity contribution in [2.24, 2.45) is 0 Å². The third-order valence-corrected chi connectivity index (χ3v) is 3.98. The molecule has 3 rings (SSSR count). The fourth-order valence-corrected chi connectivity index (χ4v) is 2.98. The summed E-state index contributed by atoms with van der Waals surface area (Å²) in [6.45, 7) is 5.27. The number of aromatic nitrogens is 3. The van der Waals surface area contributed by atoms with E-state index in [1.165, 1.54) is 18.5 Å². The molecule has 0 aliphatic rings. The highest BCUT2D eigenvalue weighted by molar-refractivity contribution is 6.07. The number of benzene rings is 1. The van der Waals surface area contributed by atoms with Crippen LogP contribution in [0.4, 0.5) is 0 Å². The van der Waals surface area contributed by atoms with Gasteiger partial charge in [-0.3, -0.25) is 14.4 Å². The molecule has 0 aliphatic carbocycles. The lowest BCUT2D eigenvalue weighted by molar-refractivity contribution is -0.118. The van der Waals surface area contributed by atoms with E-state index in [4.69, 9.17) is 0 Å². The molecular formula is C17H18N4O3. The number of rotatable bonds is 3. The van der Waals surface area contributed by atoms with Crippen LogP contribution in [-0.4, -0.2) is 32.7 Å². The molecule has 0 atom stereocenters. The Morgan fingerprint density at radius 2 is 1.92 bits per heavy atom. The molecule has 2 aromatic heterocycles. The highest BCUT2D eigenvalue weighted by Gasteiger charge is 2.19. The summed E-state index contributed by atoms with van der Waals surface area (Å²) in [6.07, 6.45) is 0. The fraction of sp³-hybridized carbons (Fsp3) is 0.294. The Balaban J connectivity index is 2.34. The molecule has 0 saturated carbocycles. The predicted octanol–water partition coefficient (Wildman–Crippen LogP) is 1.46. The van der Waals surface area contributed by atoms with Crippen molar-refractivity contribution in [2.45, 2.75) is 27.3 Å². The molecule has 0 aliphatic heterocycles. The number of para-hydroxylation sites is 1. The Kier molecular flexibility index (Phi) is 3.92. The van der Waals surface area contributed by atoms with Crippen LogP contribution >= 0.6 is 0 Å². The molecule has 7 nitrogen and oxygen atoms in total. The van der Waals surface area contributed by atoms with Crippen LogP contribution in [0.25, 0.3) is 21.8 Å². The minimum atomic E-state index is -0.242. The predicted molar refractivity (Wildman–Crippen MR) is 91.2 cm³/mol. The van der Waals surface area contributed by atoms with Gasteiger partial charge in [-0.1, -0.05) is 18.2 Å². The lowest BCUT2D eigenvalue weighted by Gasteiger charge is -2.12. The minimum absolute atomic E-state index is 0.144. The first-order valence-electron chi connectivity index (χ1n) is 7.68. The molecule has 1 amide bonds. The number of carbonyl (C=O) groups is 2. The van der Waals surface area contributed by atoms with Crippen molar-refractivity contribution in [1.29, 1.82) is 0 Å². The molecule has 1 aromatic carbocycles. The summed E-state index contributed by atoms with van der Waals surface area (Å²) >= 11 is 0. The number of aryl methyl sites for hydroxylation is 1. The zero-order chi connectivity index (χ0) is 17.4. The van der Waals surface area contributed by atoms with Crippen molar-refractivity contribution in [1.82, 2.24) is 19.7 Å². The summed E-state index contributed by atoms with van der Waals surface area (Å²) in [5.41, 5.74) is 1.56. The number of hydrogen-bond donors (Lipinski definition) is 1. The number of fused-ring (bicyclic) bond motifs is 3. The molecule has 2 heterocycles. The maximum atomic E-state index is 13.0. The number of pyridine rings is 1. The summed E-state index contributed by atoms with van der Waals surface area (Å²) < 4.78 is 2.90. The third-order valence-electron chi connectivity index (χ3n) is 3.98. The topological polar surface area (TPSA) is 86.0 Å². The molecule has 0 saturated heterocycles. The van der Waals surface area contributed by atoms with Gasteiger partial charge in [-0.15, -0.1) is 0 Å². The van der Waals surface area contributed by atoms with E-state index in [9.17, 15) is 14.4 Å². The summed E-state index contributed by atoms with van der Waals surface area (Å²) in [5.74, 6) is -0.386. The zero-order valence-electron chi connectivity index (χ0n) is 13.8. The van der Waals surface area contributed by atoms with Crippen LogP contribution in [-0.2, 0) is 11.3 Å². The second-order valence-electron chi connectivity index (χ2n) is 5.70. The van der Waals surface area contributed by atoms with Crippen molar-refractivity contribution in [3.63, 3.8) is 0 Å². The van der Waals surface area contributed by atoms with Crippen LogP contribution in [0.5, 0.6) is 0 Å². The largest absolute Gasteiger partial charge is 0.355 e. The van der Waals surface area contributed by atoms with Crippen molar-refractivity contribution < 1.29 is 9.59 Å². The number of hydrogen-bond acceptors (Lipinski definition) is 4. The minimum Gasteiger partial charge on any atom is -0.355 e. The van der Waals surface area contributed by atoms with E-state index in [2.05, 4.69) is 10.4 Å². The van der Waals surface area contributed by atoms with E-state index >= 15 is 0 Å². The van der Waals surface area contributed by atoms with E-state index in [0.29, 0.717) is 35.2 Å². The lowest BCUT2D eigenvalue weighted by Crippen LogP contribution is -2.30. The molecule has 3 aromatic rings. The second kappa shape index (κ2) is 5.92. The first-order valence-corrected chi connectivity index (χ1v) is 7.68. The van der Waals surface area contributed by atoms with Crippen molar-refractivity contribution in [2.75, 3.05) is 6.54 Å². The Morgan fingerprint density at radius 3 is 2.58 bits per heavy atom. The van der Waals surface area contributed by atoms with Crippen LogP contribution in [0.15, 0.2) is 29.1 Å². The van der Waals surface area contributed by atoms with Crippen LogP contribution in [0.1, 0.15) is 24.3 Å². The fourth-order valence-electron chi connectivity index (χ4n) is 2.98. The first kappa shape index (κ1) is 15.9. The normalized spacial score (nSPS) is 11.1. The van der Waals surface area contributed by atoms with Gasteiger partial charge in [-0.05, 0) is 13.0 Å². The van der Waals surface area contributed by atoms with Gasteiger partial charge in [0.1, 0.15) is 0 Å². The van der Waals surface area contributed by atoms with Gasteiger partial charge in [0, 0.05) is 32.3 Å². The monoisotopic (exact) mass is 326 g/mol. The Morgan fingerprint density at radius 1 is 1.21 bits per heavy atom. The van der Waals surface area contributed by atoms with Gasteiger partial charge in [0.25, 0.3) is 5.56 Å². The molecule has 1 N–H and O–H groups in total. The number of carbonyl (C=O) groups excluding carboxylic acids is 2. The molecule has 7 heteroatoms. The molecule has 0 fully saturated rings. The molecule has 124 valence electrons. The van der Waals surface area contributed by atoms with Gasteiger partial charge in [-0.25, -0.2) is 0 Å². The average Bonchev–Trinajstić information content (AvgIpc) is 2.88. The molecule has 0 spiro atoms. The lowest BCUT2D eigenvalue weighted by atomic mass is 10.1. The van der Waals surface area contributed by atoms with Crippen LogP contribution < -0.4 is 10.9 Å². The summed E-state index contributed by atoms with van der Waals surface area (Å²) in [5, 5.41) is 8.15. The number of nitrogens with one attached hydrogen (secondary N) is 1. The summed E-state index contributed by atoms with van der Waals surface area (Å²) in [6, 6.07) is 7.39. The molecule has 0 radical (unpaired) electrons. The van der Waals surface area contributed by atoms with Crippen molar-refractivity contribution >= 4 is 33.6 Å². The number of amides is 1. The summed E-state index contributed by atoms with van der Waals surface area (Å²) in [7, 11) is 0. The van der Waals surface area contributed by atoms with Crippen LogP contribution in [0.3, 0.4) is 0 Å². The first-order chi connectivity index (χ1) is 11.4. The van der Waals surface area contributed by atoms with Gasteiger partial charge < -0.3 is 9.88 Å². The van der Waals surface area contributed by atoms with Gasteiger partial charge in [0.05, 0.1) is 22.1 Å². The van der Waals surface area contributed by atoms with Gasteiger partial charge in [0.15, 0.2) is 0 Å². The summed E-state index contributed by atoms with van der Waals surface area (Å²) in [4.78, 5) is 35.9. The molecule has 0 bridgehead atoms. The second-order valence-corrected chi connectivity index (χ2v) is 5.70. The molecule has 24 heavy (non-hydrogen) atoms. The van der Waals surface area contributed by atoms with Gasteiger partial charge in [0.2, 0.25) is 11.8 Å². The SMILES string of the molecule is CC(=O)NCCn1c(=O)c2c(C)nn(C(C)=O)c2c2ccccc21. The number of nitrogens with zero attached hydrogens (tertiary/aromatic N) is 3. The Hall–Kier alpha value is -2.96. The maximum Gasteiger partial charge on any atom is 0.262 e. The zero-order valence-corrected chi connectivity index (χ0v) is 13.8. The van der Waals surface area contributed by atoms with E-state index in [0.717, 1.165) is 5.39 Å². The standard InChI is InChI=1S/C17H18N4O3/c1-10-15-16(21(19-10)12(3)23)13-6-4-5-7-14(13)20(17(15)24)9-8-18-11(2)22/h4-7H,8-9H2,1-3H3,(H,18,22). The highest BCUT2D eigenvalue weighted by Crippen LogP contribution is 2.24. The van der Waals surface area contributed by atoms with Crippen LogP contribution in [0, 0.1) is 6.92 Å². The third kappa shape index (κ3) is 2.47. The Labute approximate surface area is 137 Å². The quantitative estimate of drug-likeness (QED) is 0.789. The maximum absolute atomic E-state index is 13.0. The van der Waals surface area contributed by atoms with E-state index in [1.807, 2.05) is 24.3 Å². The van der Waals surface area contributed by atoms with Crippen molar-refractivity contribution in [3.8, 4) is 0 Å². The van der Waals surface area contributed by atoms with E-state index < -0.39 is 0 Å². The van der Waals surface area contributed by atoms with Crippen molar-refractivity contribution in [3.05, 3.63) is 40.3 Å². The van der Waals surface area contributed by atoms with Gasteiger partial charge in [-0.2, -0.15) is 9.78 Å². The Bertz CT molecular complexity index is 1030. The van der Waals surface area contributed by atoms with E-state index in [-0.39, 0.29) is 17.4 Å².